The van der Waals surface area contributed by atoms with Gasteiger partial charge in [-0.15, -0.1) is 5.10 Å². The van der Waals surface area contributed by atoms with Gasteiger partial charge >= 0.3 is 0 Å². The van der Waals surface area contributed by atoms with Gasteiger partial charge in [0.1, 0.15) is 0 Å². The van der Waals surface area contributed by atoms with Crippen molar-refractivity contribution in [3.8, 4) is 5.88 Å². The lowest BCUT2D eigenvalue weighted by molar-refractivity contribution is 0.113. The largest absolute Gasteiger partial charge is 0.492 e. The zero-order valence-corrected chi connectivity index (χ0v) is 17.2. The number of hydrogen-bond donors (Lipinski definition) is 1. The van der Waals surface area contributed by atoms with Gasteiger partial charge in [-0.2, -0.15) is 4.52 Å². The second kappa shape index (κ2) is 7.75. The van der Waals surface area contributed by atoms with Crippen LogP contribution in [0.5, 0.6) is 5.88 Å². The fourth-order valence-electron chi connectivity index (χ4n) is 3.63. The molecule has 2 aromatic heterocycles. The fourth-order valence-corrected chi connectivity index (χ4v) is 4.89. The molecule has 8 heteroatoms. The molecule has 1 atom stereocenters. The Hall–Kier alpha value is -1.67. The molecule has 1 saturated heterocycles. The summed E-state index contributed by atoms with van der Waals surface area (Å²) in [5, 5.41) is 16.1. The lowest BCUT2D eigenvalue weighted by Gasteiger charge is -2.38. The molecular formula is C19H24ClN5OS. The number of nitrogens with zero attached hydrogens (tertiary/aromatic N) is 5. The number of halogens is 1. The molecule has 0 aliphatic carbocycles. The predicted molar refractivity (Wildman–Crippen MR) is 109 cm³/mol. The number of thiazole rings is 1. The summed E-state index contributed by atoms with van der Waals surface area (Å²) in [5.74, 6) is 0.947. The van der Waals surface area contributed by atoms with E-state index in [9.17, 15) is 5.11 Å². The summed E-state index contributed by atoms with van der Waals surface area (Å²) in [6, 6.07) is 7.89. The van der Waals surface area contributed by atoms with Crippen molar-refractivity contribution in [3.63, 3.8) is 0 Å². The minimum absolute atomic E-state index is 0.0279. The molecule has 0 bridgehead atoms. The molecule has 1 aromatic carbocycles. The molecule has 0 spiro atoms. The van der Waals surface area contributed by atoms with E-state index in [4.69, 9.17) is 11.6 Å². The minimum atomic E-state index is -0.0279. The molecule has 3 heterocycles. The van der Waals surface area contributed by atoms with Crippen molar-refractivity contribution >= 4 is 27.9 Å². The van der Waals surface area contributed by atoms with Crippen molar-refractivity contribution in [1.29, 1.82) is 0 Å². The molecular weight excluding hydrogens is 382 g/mol. The first-order chi connectivity index (χ1) is 13.1. The van der Waals surface area contributed by atoms with E-state index < -0.39 is 0 Å². The SMILES string of the molecule is CCc1nc2sc(C(c3ccc(Cl)cc3)N3CCN(CC)CC3)c(O)n2n1. The van der Waals surface area contributed by atoms with Crippen LogP contribution in [-0.2, 0) is 6.42 Å². The molecule has 1 N–H and O–H groups in total. The van der Waals surface area contributed by atoms with Crippen LogP contribution in [0.3, 0.4) is 0 Å². The molecule has 1 aliphatic heterocycles. The van der Waals surface area contributed by atoms with Crippen molar-refractivity contribution in [1.82, 2.24) is 24.4 Å². The Morgan fingerprint density at radius 3 is 2.44 bits per heavy atom. The summed E-state index contributed by atoms with van der Waals surface area (Å²) in [6.45, 7) is 9.25. The Bertz CT molecular complexity index is 914. The zero-order valence-electron chi connectivity index (χ0n) is 15.6. The second-order valence-electron chi connectivity index (χ2n) is 6.79. The van der Waals surface area contributed by atoms with E-state index in [1.807, 2.05) is 31.2 Å². The minimum Gasteiger partial charge on any atom is -0.492 e. The first-order valence-electron chi connectivity index (χ1n) is 9.39. The van der Waals surface area contributed by atoms with Gasteiger partial charge in [0.25, 0.3) is 0 Å². The van der Waals surface area contributed by atoms with E-state index in [0.29, 0.717) is 5.02 Å². The maximum Gasteiger partial charge on any atom is 0.230 e. The van der Waals surface area contributed by atoms with Crippen LogP contribution in [-0.4, -0.2) is 62.2 Å². The van der Waals surface area contributed by atoms with Gasteiger partial charge in [0.05, 0.1) is 10.9 Å². The maximum atomic E-state index is 10.9. The third kappa shape index (κ3) is 3.57. The van der Waals surface area contributed by atoms with E-state index in [-0.39, 0.29) is 11.9 Å². The number of benzene rings is 1. The van der Waals surface area contributed by atoms with Crippen molar-refractivity contribution in [3.05, 3.63) is 45.6 Å². The van der Waals surface area contributed by atoms with E-state index >= 15 is 0 Å². The number of rotatable bonds is 5. The molecule has 144 valence electrons. The summed E-state index contributed by atoms with van der Waals surface area (Å²) in [5.41, 5.74) is 1.12. The number of aromatic hydroxyl groups is 1. The van der Waals surface area contributed by atoms with E-state index in [1.165, 1.54) is 11.3 Å². The van der Waals surface area contributed by atoms with Gasteiger partial charge < -0.3 is 10.0 Å². The summed E-state index contributed by atoms with van der Waals surface area (Å²) in [4.78, 5) is 11.0. The summed E-state index contributed by atoms with van der Waals surface area (Å²) < 4.78 is 1.57. The van der Waals surface area contributed by atoms with Crippen LogP contribution < -0.4 is 0 Å². The Morgan fingerprint density at radius 2 is 1.85 bits per heavy atom. The van der Waals surface area contributed by atoms with Crippen molar-refractivity contribution in [2.45, 2.75) is 26.3 Å². The number of aryl methyl sites for hydroxylation is 1. The van der Waals surface area contributed by atoms with Gasteiger partial charge in [0, 0.05) is 37.6 Å². The summed E-state index contributed by atoms with van der Waals surface area (Å²) in [6.07, 6.45) is 0.753. The van der Waals surface area contributed by atoms with Crippen LogP contribution in [0.1, 0.15) is 36.2 Å². The summed E-state index contributed by atoms with van der Waals surface area (Å²) in [7, 11) is 0. The first kappa shape index (κ1) is 18.7. The molecule has 1 aliphatic rings. The number of hydrogen-bond acceptors (Lipinski definition) is 6. The monoisotopic (exact) mass is 405 g/mol. The molecule has 0 amide bonds. The van der Waals surface area contributed by atoms with Crippen LogP contribution in [0.15, 0.2) is 24.3 Å². The fraction of sp³-hybridized carbons (Fsp3) is 0.474. The number of aromatic nitrogens is 3. The van der Waals surface area contributed by atoms with Crippen molar-refractivity contribution in [2.24, 2.45) is 0 Å². The van der Waals surface area contributed by atoms with Crippen molar-refractivity contribution < 1.29 is 5.11 Å². The van der Waals surface area contributed by atoms with Crippen molar-refractivity contribution in [2.75, 3.05) is 32.7 Å². The normalized spacial score (nSPS) is 17.6. The topological polar surface area (TPSA) is 56.9 Å². The molecule has 27 heavy (non-hydrogen) atoms. The zero-order chi connectivity index (χ0) is 19.0. The standard InChI is InChI=1S/C19H24ClN5OS/c1-3-15-21-19-25(22-15)18(26)17(27-19)16(13-5-7-14(20)8-6-13)24-11-9-23(4-2)10-12-24/h5-8,16,26H,3-4,9-12H2,1-2H3. The number of piperazine rings is 1. The molecule has 3 aromatic rings. The van der Waals surface area contributed by atoms with Gasteiger partial charge in [-0.1, -0.05) is 48.9 Å². The Morgan fingerprint density at radius 1 is 1.15 bits per heavy atom. The van der Waals surface area contributed by atoms with Gasteiger partial charge in [0.15, 0.2) is 5.82 Å². The quantitative estimate of drug-likeness (QED) is 0.704. The highest BCUT2D eigenvalue weighted by Crippen LogP contribution is 2.40. The average Bonchev–Trinajstić information content (AvgIpc) is 3.23. The first-order valence-corrected chi connectivity index (χ1v) is 10.6. The van der Waals surface area contributed by atoms with E-state index in [0.717, 1.165) is 60.4 Å². The molecule has 0 radical (unpaired) electrons. The molecule has 1 unspecified atom stereocenters. The van der Waals surface area contributed by atoms with Crippen LogP contribution in [0, 0.1) is 0 Å². The molecule has 1 fully saturated rings. The number of fused-ring (bicyclic) bond motifs is 1. The van der Waals surface area contributed by atoms with Crippen LogP contribution in [0.2, 0.25) is 5.02 Å². The van der Waals surface area contributed by atoms with Gasteiger partial charge in [-0.3, -0.25) is 4.90 Å². The van der Waals surface area contributed by atoms with Gasteiger partial charge in [-0.25, -0.2) is 4.98 Å². The van der Waals surface area contributed by atoms with Gasteiger partial charge in [0.2, 0.25) is 10.8 Å². The maximum absolute atomic E-state index is 10.9. The summed E-state index contributed by atoms with van der Waals surface area (Å²) >= 11 is 7.62. The van der Waals surface area contributed by atoms with E-state index in [2.05, 4.69) is 26.8 Å². The lowest BCUT2D eigenvalue weighted by atomic mass is 10.0. The Kier molecular flexibility index (Phi) is 5.36. The predicted octanol–water partition coefficient (Wildman–Crippen LogP) is 3.44. The van der Waals surface area contributed by atoms with Crippen LogP contribution >= 0.6 is 22.9 Å². The highest BCUT2D eigenvalue weighted by molar-refractivity contribution is 7.17. The highest BCUT2D eigenvalue weighted by atomic mass is 35.5. The highest BCUT2D eigenvalue weighted by Gasteiger charge is 2.31. The van der Waals surface area contributed by atoms with Crippen LogP contribution in [0.25, 0.3) is 4.96 Å². The lowest BCUT2D eigenvalue weighted by Crippen LogP contribution is -2.47. The third-order valence-electron chi connectivity index (χ3n) is 5.21. The third-order valence-corrected chi connectivity index (χ3v) is 6.54. The Labute approximate surface area is 168 Å². The molecule has 0 saturated carbocycles. The van der Waals surface area contributed by atoms with Gasteiger partial charge in [-0.05, 0) is 24.2 Å². The van der Waals surface area contributed by atoms with E-state index in [1.54, 1.807) is 4.52 Å². The Balaban J connectivity index is 1.74. The molecule has 6 nitrogen and oxygen atoms in total. The second-order valence-corrected chi connectivity index (χ2v) is 8.24. The number of likely N-dealkylation sites (N-methyl/N-ethyl adjacent to an activating group) is 1. The molecule has 4 rings (SSSR count). The van der Waals surface area contributed by atoms with Crippen LogP contribution in [0.4, 0.5) is 0 Å². The smallest absolute Gasteiger partial charge is 0.230 e. The average molecular weight is 406 g/mol.